The van der Waals surface area contributed by atoms with Gasteiger partial charge in [0, 0.05) is 0 Å². The zero-order chi connectivity index (χ0) is 15.7. The molecule has 0 aromatic heterocycles. The van der Waals surface area contributed by atoms with E-state index >= 15 is 0 Å². The molecule has 0 heterocycles. The van der Waals surface area contributed by atoms with Crippen LogP contribution in [-0.2, 0) is 0 Å². The lowest BCUT2D eigenvalue weighted by atomic mass is 9.34. The van der Waals surface area contributed by atoms with E-state index in [-0.39, 0.29) is 0 Å². The highest BCUT2D eigenvalue weighted by Gasteiger charge is 2.96. The molecule has 0 aromatic rings. The summed E-state index contributed by atoms with van der Waals surface area (Å²) in [6.07, 6.45) is 1.48. The molecule has 1 spiro atoms. The van der Waals surface area contributed by atoms with Gasteiger partial charge in [-0.25, -0.2) is 0 Å². The Kier molecular flexibility index (Phi) is 2.37. The Balaban J connectivity index is 1.97. The molecule has 0 nitrogen and oxygen atoms in total. The maximum Gasteiger partial charge on any atom is -0.0119 e. The van der Waals surface area contributed by atoms with E-state index in [0.29, 0.717) is 21.7 Å². The molecule has 4 saturated carbocycles. The molecule has 10 unspecified atom stereocenters. The Morgan fingerprint density at radius 1 is 0.762 bits per heavy atom. The highest BCUT2D eigenvalue weighted by Crippen LogP contribution is 3.00. The largest absolute Gasteiger partial charge is 0.0622 e. The molecule has 4 aliphatic carbocycles. The van der Waals surface area contributed by atoms with Crippen LogP contribution in [0.25, 0.3) is 0 Å². The van der Waals surface area contributed by atoms with Crippen LogP contribution in [0.5, 0.6) is 0 Å². The van der Waals surface area contributed by atoms with Crippen LogP contribution in [0.1, 0.15) is 68.7 Å². The van der Waals surface area contributed by atoms with E-state index in [2.05, 4.69) is 62.3 Å². The van der Waals surface area contributed by atoms with E-state index < -0.39 is 0 Å². The van der Waals surface area contributed by atoms with Gasteiger partial charge in [-0.3, -0.25) is 0 Å². The third-order valence-corrected chi connectivity index (χ3v) is 10.9. The molecule has 4 fully saturated rings. The number of fused-ring (bicyclic) bond motifs is 2. The van der Waals surface area contributed by atoms with Crippen molar-refractivity contribution in [1.82, 2.24) is 0 Å². The average molecular weight is 289 g/mol. The first-order valence-corrected chi connectivity index (χ1v) is 9.51. The van der Waals surface area contributed by atoms with Crippen LogP contribution < -0.4 is 0 Å². The molecular formula is C21H36. The van der Waals surface area contributed by atoms with Gasteiger partial charge in [0.25, 0.3) is 0 Å². The summed E-state index contributed by atoms with van der Waals surface area (Å²) in [4.78, 5) is 0. The third kappa shape index (κ3) is 1.01. The van der Waals surface area contributed by atoms with Crippen LogP contribution in [0.2, 0.25) is 0 Å². The van der Waals surface area contributed by atoms with Gasteiger partial charge >= 0.3 is 0 Å². The van der Waals surface area contributed by atoms with Gasteiger partial charge in [-0.1, -0.05) is 62.3 Å². The molecule has 4 aliphatic rings. The maximum absolute atomic E-state index is 2.70. The van der Waals surface area contributed by atoms with Crippen molar-refractivity contribution >= 4 is 0 Å². The fraction of sp³-hybridized carbons (Fsp3) is 1.00. The minimum Gasteiger partial charge on any atom is -0.0622 e. The van der Waals surface area contributed by atoms with Gasteiger partial charge < -0.3 is 0 Å². The second-order valence-electron chi connectivity index (χ2n) is 10.7. The lowest BCUT2D eigenvalue weighted by Gasteiger charge is -2.69. The van der Waals surface area contributed by atoms with Crippen LogP contribution in [0.3, 0.4) is 0 Å². The van der Waals surface area contributed by atoms with E-state index in [1.165, 1.54) is 6.42 Å². The standard InChI is InChI=1S/C21H36/c1-11-10-19(8)20(9)16-13(3)12(2)15(5)18(6,7)21(19,14(11)4)17(16)20/h11-17H,10H2,1-9H3. The number of rotatable bonds is 0. The number of hydrogen-bond donors (Lipinski definition) is 0. The van der Waals surface area contributed by atoms with Crippen molar-refractivity contribution in [1.29, 1.82) is 0 Å². The topological polar surface area (TPSA) is 0 Å². The summed E-state index contributed by atoms with van der Waals surface area (Å²) in [5.41, 5.74) is 2.35. The molecule has 21 heavy (non-hydrogen) atoms. The predicted molar refractivity (Wildman–Crippen MR) is 89.8 cm³/mol. The molecule has 0 heteroatoms. The van der Waals surface area contributed by atoms with Gasteiger partial charge in [-0.15, -0.1) is 0 Å². The fourth-order valence-electron chi connectivity index (χ4n) is 9.53. The van der Waals surface area contributed by atoms with Crippen molar-refractivity contribution in [2.75, 3.05) is 0 Å². The average Bonchev–Trinajstić information content (AvgIpc) is 2.94. The lowest BCUT2D eigenvalue weighted by Crippen LogP contribution is -2.65. The van der Waals surface area contributed by atoms with Gasteiger partial charge in [0.15, 0.2) is 0 Å². The van der Waals surface area contributed by atoms with Crippen molar-refractivity contribution < 1.29 is 0 Å². The Bertz CT molecular complexity index is 504. The zero-order valence-corrected chi connectivity index (χ0v) is 15.7. The molecule has 0 N–H and O–H groups in total. The molecule has 0 saturated heterocycles. The quantitative estimate of drug-likeness (QED) is 0.523. The molecule has 0 bridgehead atoms. The van der Waals surface area contributed by atoms with Crippen molar-refractivity contribution in [3.8, 4) is 0 Å². The van der Waals surface area contributed by atoms with Gasteiger partial charge in [0.05, 0.1) is 0 Å². The molecule has 0 amide bonds. The van der Waals surface area contributed by atoms with E-state index in [1.54, 1.807) is 0 Å². The Hall–Kier alpha value is 0. The lowest BCUT2D eigenvalue weighted by molar-refractivity contribution is -0.225. The highest BCUT2D eigenvalue weighted by molar-refractivity contribution is 5.42. The van der Waals surface area contributed by atoms with E-state index in [4.69, 9.17) is 0 Å². The Morgan fingerprint density at radius 2 is 1.33 bits per heavy atom. The predicted octanol–water partition coefficient (Wildman–Crippen LogP) is 5.87. The summed E-state index contributed by atoms with van der Waals surface area (Å²) in [5.74, 6) is 6.48. The minimum absolute atomic E-state index is 0.481. The second kappa shape index (κ2) is 3.41. The smallest absolute Gasteiger partial charge is 0.0119 e. The van der Waals surface area contributed by atoms with Crippen LogP contribution >= 0.6 is 0 Å². The first-order chi connectivity index (χ1) is 9.51. The summed E-state index contributed by atoms with van der Waals surface area (Å²) in [6, 6.07) is 0. The summed E-state index contributed by atoms with van der Waals surface area (Å²) in [7, 11) is 0. The molecule has 0 radical (unpaired) electrons. The highest BCUT2D eigenvalue weighted by atomic mass is 15.0. The fourth-order valence-corrected chi connectivity index (χ4v) is 9.53. The zero-order valence-electron chi connectivity index (χ0n) is 15.7. The van der Waals surface area contributed by atoms with Gasteiger partial charge in [0.1, 0.15) is 0 Å². The minimum atomic E-state index is 0.481. The van der Waals surface area contributed by atoms with Crippen LogP contribution in [-0.4, -0.2) is 0 Å². The molecular weight excluding hydrogens is 252 g/mol. The van der Waals surface area contributed by atoms with Gasteiger partial charge in [-0.05, 0) is 69.5 Å². The van der Waals surface area contributed by atoms with E-state index in [0.717, 1.165) is 41.4 Å². The van der Waals surface area contributed by atoms with Crippen LogP contribution in [0, 0.1) is 63.1 Å². The second-order valence-corrected chi connectivity index (χ2v) is 10.7. The van der Waals surface area contributed by atoms with Gasteiger partial charge in [0.2, 0.25) is 0 Å². The molecule has 0 aliphatic heterocycles. The maximum atomic E-state index is 2.70. The normalized spacial score (nSPS) is 70.4. The third-order valence-electron chi connectivity index (χ3n) is 10.9. The van der Waals surface area contributed by atoms with Crippen LogP contribution in [0.4, 0.5) is 0 Å². The summed E-state index contributed by atoms with van der Waals surface area (Å²) < 4.78 is 0. The number of hydrogen-bond acceptors (Lipinski definition) is 0. The molecule has 120 valence electrons. The van der Waals surface area contributed by atoms with Gasteiger partial charge in [-0.2, -0.15) is 0 Å². The van der Waals surface area contributed by atoms with E-state index in [9.17, 15) is 0 Å². The Morgan fingerprint density at radius 3 is 1.90 bits per heavy atom. The SMILES string of the molecule is CC1CC2(C)C3(C)C4C(C)C(C)C(C)C(C)(C)C2(C1C)C43. The molecule has 10 atom stereocenters. The summed E-state index contributed by atoms with van der Waals surface area (Å²) in [6.45, 7) is 23.5. The first-order valence-electron chi connectivity index (χ1n) is 9.51. The summed E-state index contributed by atoms with van der Waals surface area (Å²) >= 11 is 0. The van der Waals surface area contributed by atoms with Crippen molar-refractivity contribution in [3.05, 3.63) is 0 Å². The molecule has 0 aromatic carbocycles. The first kappa shape index (κ1) is 14.6. The summed E-state index contributed by atoms with van der Waals surface area (Å²) in [5, 5.41) is 0. The van der Waals surface area contributed by atoms with Crippen molar-refractivity contribution in [2.24, 2.45) is 63.1 Å². The monoisotopic (exact) mass is 288 g/mol. The Labute approximate surface area is 132 Å². The van der Waals surface area contributed by atoms with Crippen molar-refractivity contribution in [3.63, 3.8) is 0 Å². The molecule has 4 rings (SSSR count). The van der Waals surface area contributed by atoms with E-state index in [1.807, 2.05) is 0 Å². The van der Waals surface area contributed by atoms with Crippen LogP contribution in [0.15, 0.2) is 0 Å². The van der Waals surface area contributed by atoms with Crippen molar-refractivity contribution in [2.45, 2.75) is 68.7 Å².